The lowest BCUT2D eigenvalue weighted by molar-refractivity contribution is -0.115. The van der Waals surface area contributed by atoms with Crippen molar-refractivity contribution in [3.63, 3.8) is 0 Å². The van der Waals surface area contributed by atoms with Gasteiger partial charge < -0.3 is 9.73 Å². The van der Waals surface area contributed by atoms with Crippen molar-refractivity contribution in [2.24, 2.45) is 0 Å². The summed E-state index contributed by atoms with van der Waals surface area (Å²) in [5.41, 5.74) is 1.21. The third-order valence-electron chi connectivity index (χ3n) is 3.46. The van der Waals surface area contributed by atoms with Crippen molar-refractivity contribution in [1.82, 2.24) is 4.98 Å². The van der Waals surface area contributed by atoms with Crippen LogP contribution < -0.4 is 11.1 Å². The highest BCUT2D eigenvalue weighted by Crippen LogP contribution is 2.19. The number of aromatic nitrogens is 1. The van der Waals surface area contributed by atoms with Crippen molar-refractivity contribution in [1.29, 1.82) is 0 Å². The Bertz CT molecular complexity index is 1100. The molecule has 25 heavy (non-hydrogen) atoms. The van der Waals surface area contributed by atoms with Crippen LogP contribution in [0.1, 0.15) is 6.42 Å². The molecule has 2 aromatic carbocycles. The average Bonchev–Trinajstić information content (AvgIpc) is 2.92. The molecule has 9 heteroatoms. The van der Waals surface area contributed by atoms with Crippen LogP contribution in [-0.2, 0) is 14.6 Å². The lowest BCUT2D eigenvalue weighted by Crippen LogP contribution is -2.17. The van der Waals surface area contributed by atoms with Gasteiger partial charge >= 0.3 is 5.76 Å². The van der Waals surface area contributed by atoms with Crippen molar-refractivity contribution in [2.45, 2.75) is 11.3 Å². The topological polar surface area (TPSA) is 109 Å². The van der Waals surface area contributed by atoms with Crippen LogP contribution >= 0.6 is 11.6 Å². The van der Waals surface area contributed by atoms with Gasteiger partial charge in [-0.15, -0.1) is 0 Å². The van der Waals surface area contributed by atoms with Gasteiger partial charge in [-0.1, -0.05) is 17.7 Å². The van der Waals surface area contributed by atoms with Gasteiger partial charge in [-0.3, -0.25) is 9.78 Å². The predicted octanol–water partition coefficient (Wildman–Crippen LogP) is 2.58. The summed E-state index contributed by atoms with van der Waals surface area (Å²) >= 11 is 5.79. The number of oxazole rings is 1. The molecule has 130 valence electrons. The molecule has 1 amide bonds. The molecule has 0 saturated carbocycles. The molecule has 0 aliphatic carbocycles. The second-order valence-electron chi connectivity index (χ2n) is 5.30. The monoisotopic (exact) mass is 380 g/mol. The quantitative estimate of drug-likeness (QED) is 0.707. The van der Waals surface area contributed by atoms with E-state index in [9.17, 15) is 18.0 Å². The first-order valence-corrected chi connectivity index (χ1v) is 9.27. The third-order valence-corrected chi connectivity index (χ3v) is 5.41. The summed E-state index contributed by atoms with van der Waals surface area (Å²) in [5, 5.41) is 2.89. The number of nitrogens with one attached hydrogen (secondary N) is 2. The molecule has 1 heterocycles. The number of carbonyl (C=O) groups is 1. The van der Waals surface area contributed by atoms with Crippen LogP contribution in [0.3, 0.4) is 0 Å². The average molecular weight is 381 g/mol. The second kappa shape index (κ2) is 6.73. The van der Waals surface area contributed by atoms with Gasteiger partial charge in [0.2, 0.25) is 5.91 Å². The molecule has 0 saturated heterocycles. The number of rotatable bonds is 5. The van der Waals surface area contributed by atoms with E-state index in [1.165, 1.54) is 24.3 Å². The molecular formula is C16H13ClN2O5S. The van der Waals surface area contributed by atoms with Gasteiger partial charge in [-0.2, -0.15) is 0 Å². The van der Waals surface area contributed by atoms with E-state index >= 15 is 0 Å². The summed E-state index contributed by atoms with van der Waals surface area (Å²) in [4.78, 5) is 25.7. The molecule has 0 aliphatic rings. The predicted molar refractivity (Wildman–Crippen MR) is 93.6 cm³/mol. The second-order valence-corrected chi connectivity index (χ2v) is 7.85. The molecule has 0 unspecified atom stereocenters. The molecule has 0 atom stereocenters. The fourth-order valence-corrected chi connectivity index (χ4v) is 3.79. The van der Waals surface area contributed by atoms with Crippen LogP contribution in [0.4, 0.5) is 5.69 Å². The molecule has 0 bridgehead atoms. The smallest absolute Gasteiger partial charge is 0.408 e. The summed E-state index contributed by atoms with van der Waals surface area (Å²) in [7, 11) is -3.61. The summed E-state index contributed by atoms with van der Waals surface area (Å²) < 4.78 is 29.4. The molecule has 0 spiro atoms. The van der Waals surface area contributed by atoms with Gasteiger partial charge in [-0.25, -0.2) is 13.2 Å². The number of hydrogen-bond acceptors (Lipinski definition) is 5. The standard InChI is InChI=1S/C16H13ClN2O5S/c17-10-2-1-3-12(8-10)25(22,23)7-6-15(20)18-11-4-5-13-14(9-11)24-16(21)19-13/h1-5,8-9H,6-7H2,(H,18,20)(H,19,21). The van der Waals surface area contributed by atoms with E-state index in [-0.39, 0.29) is 17.1 Å². The zero-order valence-electron chi connectivity index (χ0n) is 12.8. The van der Waals surface area contributed by atoms with Gasteiger partial charge in [0.05, 0.1) is 16.2 Å². The van der Waals surface area contributed by atoms with Crippen molar-refractivity contribution in [3.05, 3.63) is 58.0 Å². The van der Waals surface area contributed by atoms with Gasteiger partial charge in [-0.05, 0) is 30.3 Å². The SMILES string of the molecule is O=C(CCS(=O)(=O)c1cccc(Cl)c1)Nc1ccc2[nH]c(=O)oc2c1. The fourth-order valence-electron chi connectivity index (χ4n) is 2.25. The zero-order valence-corrected chi connectivity index (χ0v) is 14.4. The molecule has 3 aromatic rings. The first-order valence-electron chi connectivity index (χ1n) is 7.24. The minimum absolute atomic E-state index is 0.0725. The summed E-state index contributed by atoms with van der Waals surface area (Å²) in [6.07, 6.45) is -0.218. The number of H-pyrrole nitrogens is 1. The van der Waals surface area contributed by atoms with E-state index < -0.39 is 21.5 Å². The lowest BCUT2D eigenvalue weighted by atomic mass is 10.3. The third kappa shape index (κ3) is 4.09. The Balaban J connectivity index is 1.66. The molecule has 0 radical (unpaired) electrons. The highest BCUT2D eigenvalue weighted by Gasteiger charge is 2.17. The summed E-state index contributed by atoms with van der Waals surface area (Å²) in [6.45, 7) is 0. The Morgan fingerprint density at radius 3 is 2.76 bits per heavy atom. The van der Waals surface area contributed by atoms with E-state index in [0.717, 1.165) is 0 Å². The number of amides is 1. The van der Waals surface area contributed by atoms with Crippen LogP contribution in [0.15, 0.2) is 56.6 Å². The normalized spacial score (nSPS) is 11.6. The fraction of sp³-hybridized carbons (Fsp3) is 0.125. The molecular weight excluding hydrogens is 368 g/mol. The van der Waals surface area contributed by atoms with E-state index in [1.54, 1.807) is 18.2 Å². The van der Waals surface area contributed by atoms with Gasteiger partial charge in [0.25, 0.3) is 0 Å². The summed E-state index contributed by atoms with van der Waals surface area (Å²) in [5.74, 6) is -1.41. The molecule has 2 N–H and O–H groups in total. The van der Waals surface area contributed by atoms with E-state index in [1.807, 2.05) is 0 Å². The van der Waals surface area contributed by atoms with Crippen molar-refractivity contribution >= 4 is 44.1 Å². The van der Waals surface area contributed by atoms with E-state index in [4.69, 9.17) is 16.0 Å². The number of benzene rings is 2. The molecule has 0 fully saturated rings. The van der Waals surface area contributed by atoms with Crippen molar-refractivity contribution in [3.8, 4) is 0 Å². The Labute approximate surface area is 147 Å². The Kier molecular flexibility index (Phi) is 4.65. The van der Waals surface area contributed by atoms with Crippen LogP contribution in [0.2, 0.25) is 5.02 Å². The van der Waals surface area contributed by atoms with E-state index in [0.29, 0.717) is 21.8 Å². The molecule has 1 aromatic heterocycles. The maximum atomic E-state index is 12.2. The van der Waals surface area contributed by atoms with Gasteiger partial charge in [0.1, 0.15) is 0 Å². The first kappa shape index (κ1) is 17.2. The number of sulfone groups is 1. The minimum atomic E-state index is -3.61. The highest BCUT2D eigenvalue weighted by atomic mass is 35.5. The van der Waals surface area contributed by atoms with Crippen LogP contribution in [-0.4, -0.2) is 25.1 Å². The number of aromatic amines is 1. The molecule has 7 nitrogen and oxygen atoms in total. The van der Waals surface area contributed by atoms with Gasteiger partial charge in [0.15, 0.2) is 15.4 Å². The van der Waals surface area contributed by atoms with Crippen molar-refractivity contribution in [2.75, 3.05) is 11.1 Å². The van der Waals surface area contributed by atoms with Crippen LogP contribution in [0.25, 0.3) is 11.1 Å². The number of fused-ring (bicyclic) bond motifs is 1. The van der Waals surface area contributed by atoms with Gasteiger partial charge in [0, 0.05) is 23.2 Å². The largest absolute Gasteiger partial charge is 0.417 e. The first-order chi connectivity index (χ1) is 11.8. The van der Waals surface area contributed by atoms with Crippen molar-refractivity contribution < 1.29 is 17.6 Å². The maximum absolute atomic E-state index is 12.2. The lowest BCUT2D eigenvalue weighted by Gasteiger charge is -2.06. The minimum Gasteiger partial charge on any atom is -0.408 e. The van der Waals surface area contributed by atoms with Crippen LogP contribution in [0.5, 0.6) is 0 Å². The zero-order chi connectivity index (χ0) is 18.0. The number of halogens is 1. The Morgan fingerprint density at radius 2 is 2.00 bits per heavy atom. The molecule has 3 rings (SSSR count). The molecule has 0 aliphatic heterocycles. The van der Waals surface area contributed by atoms with Crippen LogP contribution in [0, 0.1) is 0 Å². The number of hydrogen-bond donors (Lipinski definition) is 2. The number of carbonyl (C=O) groups excluding carboxylic acids is 1. The highest BCUT2D eigenvalue weighted by molar-refractivity contribution is 7.91. The van der Waals surface area contributed by atoms with E-state index in [2.05, 4.69) is 10.3 Å². The Hall–Kier alpha value is -2.58. The number of anilines is 1. The maximum Gasteiger partial charge on any atom is 0.417 e. The summed E-state index contributed by atoms with van der Waals surface area (Å²) in [6, 6.07) is 10.5. The Morgan fingerprint density at radius 1 is 1.20 bits per heavy atom.